The number of allylic oxidation sites excluding steroid dienone is 2. The van der Waals surface area contributed by atoms with E-state index in [-0.39, 0.29) is 11.4 Å². The molecule has 2 nitrogen and oxygen atoms in total. The molecular weight excluding hydrogens is 284 g/mol. The Hall–Kier alpha value is -2.22. The molecule has 0 atom stereocenters. The van der Waals surface area contributed by atoms with E-state index >= 15 is 0 Å². The maximum Gasteiger partial charge on any atom is 0.128 e. The summed E-state index contributed by atoms with van der Waals surface area (Å²) < 4.78 is 6.46. The highest BCUT2D eigenvalue weighted by molar-refractivity contribution is 5.55. The predicted octanol–water partition coefficient (Wildman–Crippen LogP) is 4.87. The van der Waals surface area contributed by atoms with Crippen LogP contribution in [0.5, 0.6) is 11.5 Å². The smallest absolute Gasteiger partial charge is 0.128 e. The summed E-state index contributed by atoms with van der Waals surface area (Å²) in [5.74, 6) is 1.04. The molecule has 2 rings (SSSR count). The van der Waals surface area contributed by atoms with Crippen LogP contribution >= 0.6 is 0 Å². The topological polar surface area (TPSA) is 29.5 Å². The molecule has 0 amide bonds. The highest BCUT2D eigenvalue weighted by atomic mass is 16.5. The Bertz CT molecular complexity index is 615. The van der Waals surface area contributed by atoms with Crippen molar-refractivity contribution in [3.05, 3.63) is 73.4 Å². The lowest BCUT2D eigenvalue weighted by Gasteiger charge is -2.39. The summed E-state index contributed by atoms with van der Waals surface area (Å²) in [6.45, 7) is 15.4. The van der Waals surface area contributed by atoms with E-state index in [9.17, 15) is 5.11 Å². The van der Waals surface area contributed by atoms with Gasteiger partial charge in [0, 0.05) is 35.6 Å². The van der Waals surface area contributed by atoms with Gasteiger partial charge in [-0.2, -0.15) is 0 Å². The Morgan fingerprint density at radius 1 is 1.00 bits per heavy atom. The molecule has 1 aliphatic heterocycles. The van der Waals surface area contributed by atoms with Gasteiger partial charge < -0.3 is 9.84 Å². The van der Waals surface area contributed by atoms with Crippen molar-refractivity contribution >= 4 is 0 Å². The van der Waals surface area contributed by atoms with Crippen LogP contribution in [0.1, 0.15) is 36.0 Å². The van der Waals surface area contributed by atoms with Crippen molar-refractivity contribution in [2.45, 2.75) is 44.1 Å². The fourth-order valence-electron chi connectivity index (χ4n) is 3.28. The molecule has 0 fully saturated rings. The van der Waals surface area contributed by atoms with Crippen molar-refractivity contribution in [2.24, 2.45) is 0 Å². The van der Waals surface area contributed by atoms with Gasteiger partial charge in [-0.3, -0.25) is 0 Å². The van der Waals surface area contributed by atoms with Crippen LogP contribution in [0.2, 0.25) is 0 Å². The number of aromatic hydroxyl groups is 1. The number of ether oxygens (including phenoxy) is 1. The van der Waals surface area contributed by atoms with Gasteiger partial charge in [0.2, 0.25) is 0 Å². The molecule has 2 heteroatoms. The third-order valence-corrected chi connectivity index (χ3v) is 4.35. The van der Waals surface area contributed by atoms with E-state index in [4.69, 9.17) is 4.74 Å². The Balaban J connectivity index is 2.56. The monoisotopic (exact) mass is 309 g/mol. The van der Waals surface area contributed by atoms with E-state index < -0.39 is 0 Å². The Morgan fingerprint density at radius 2 is 1.61 bits per heavy atom. The maximum absolute atomic E-state index is 10.3. The van der Waals surface area contributed by atoms with Crippen molar-refractivity contribution in [2.75, 3.05) is 0 Å². The first-order chi connectivity index (χ1) is 11.1. The quantitative estimate of drug-likeness (QED) is 0.695. The number of rotatable bonds is 8. The van der Waals surface area contributed by atoms with Gasteiger partial charge in [0.1, 0.15) is 17.1 Å². The molecule has 0 aliphatic carbocycles. The van der Waals surface area contributed by atoms with E-state index in [0.29, 0.717) is 12.8 Å². The second-order valence-corrected chi connectivity index (χ2v) is 5.99. The van der Waals surface area contributed by atoms with Crippen LogP contribution in [-0.4, -0.2) is 10.7 Å². The lowest BCUT2D eigenvalue weighted by Crippen LogP contribution is -2.39. The molecule has 1 heterocycles. The molecule has 0 spiro atoms. The van der Waals surface area contributed by atoms with E-state index in [1.807, 2.05) is 18.2 Å². The first kappa shape index (κ1) is 17.1. The molecule has 0 unspecified atom stereocenters. The average Bonchev–Trinajstić information content (AvgIpc) is 2.52. The molecule has 1 aromatic carbocycles. The zero-order valence-corrected chi connectivity index (χ0v) is 13.7. The molecule has 1 N–H and O–H groups in total. The number of hydrogen-bond acceptors (Lipinski definition) is 2. The third-order valence-electron chi connectivity index (χ3n) is 4.35. The zero-order valence-electron chi connectivity index (χ0n) is 13.7. The number of phenols is 1. The Morgan fingerprint density at radius 3 is 2.17 bits per heavy atom. The fourth-order valence-corrected chi connectivity index (χ4v) is 3.28. The summed E-state index contributed by atoms with van der Waals surface area (Å²) in [5, 5.41) is 10.3. The van der Waals surface area contributed by atoms with Crippen LogP contribution in [0, 0.1) is 6.07 Å². The second kappa shape index (κ2) is 7.36. The van der Waals surface area contributed by atoms with Gasteiger partial charge in [0.25, 0.3) is 0 Å². The number of hydrogen-bond donors (Lipinski definition) is 1. The van der Waals surface area contributed by atoms with E-state index in [2.05, 4.69) is 32.4 Å². The molecule has 0 aromatic heterocycles. The second-order valence-electron chi connectivity index (χ2n) is 5.99. The highest BCUT2D eigenvalue weighted by Crippen LogP contribution is 2.43. The number of fused-ring (bicyclic) bond motifs is 1. The molecule has 23 heavy (non-hydrogen) atoms. The molecule has 0 saturated heterocycles. The molecule has 1 aromatic rings. The van der Waals surface area contributed by atoms with Crippen LogP contribution in [0.3, 0.4) is 0 Å². The fraction of sp³-hybridized carbons (Fsp3) is 0.333. The van der Waals surface area contributed by atoms with Crippen molar-refractivity contribution in [1.82, 2.24) is 0 Å². The molecule has 0 bridgehead atoms. The SMILES string of the molecule is C=CCc1c(O)[c]c2c(c1CC=C)OC(CC=C)(CC=C)CC2. The summed E-state index contributed by atoms with van der Waals surface area (Å²) in [5.41, 5.74) is 2.45. The van der Waals surface area contributed by atoms with Crippen LogP contribution < -0.4 is 4.74 Å². The Labute approximate surface area is 139 Å². The number of phenolic OH excluding ortho intramolecular Hbond substituents is 1. The maximum atomic E-state index is 10.3. The minimum atomic E-state index is -0.303. The standard InChI is InChI=1S/C21H25O2/c1-5-9-17-18(10-6-2)20-16(15-19(17)22)11-14-21(23-20,12-7-3)13-8-4/h5-8,22H,1-4,9-14H2. The van der Waals surface area contributed by atoms with Gasteiger partial charge >= 0.3 is 0 Å². The normalized spacial score (nSPS) is 15.1. The number of aryl methyl sites for hydroxylation is 1. The summed E-state index contributed by atoms with van der Waals surface area (Å²) >= 11 is 0. The van der Waals surface area contributed by atoms with Gasteiger partial charge in [-0.05, 0) is 25.7 Å². The first-order valence-corrected chi connectivity index (χ1v) is 8.02. The summed E-state index contributed by atoms with van der Waals surface area (Å²) in [6, 6.07) is 3.10. The van der Waals surface area contributed by atoms with Crippen LogP contribution in [0.25, 0.3) is 0 Å². The summed E-state index contributed by atoms with van der Waals surface area (Å²) in [6.07, 6.45) is 11.9. The molecular formula is C21H25O2. The molecule has 0 saturated carbocycles. The highest BCUT2D eigenvalue weighted by Gasteiger charge is 2.36. The van der Waals surface area contributed by atoms with Gasteiger partial charge in [0.05, 0.1) is 0 Å². The van der Waals surface area contributed by atoms with E-state index in [1.165, 1.54) is 0 Å². The van der Waals surface area contributed by atoms with Crippen molar-refractivity contribution in [3.8, 4) is 11.5 Å². The summed E-state index contributed by atoms with van der Waals surface area (Å²) in [4.78, 5) is 0. The molecule has 1 radical (unpaired) electrons. The Kier molecular flexibility index (Phi) is 5.49. The van der Waals surface area contributed by atoms with E-state index in [0.717, 1.165) is 48.1 Å². The molecule has 1 aliphatic rings. The minimum absolute atomic E-state index is 0.198. The van der Waals surface area contributed by atoms with Gasteiger partial charge in [0.15, 0.2) is 0 Å². The number of benzene rings is 1. The van der Waals surface area contributed by atoms with Crippen LogP contribution in [0.4, 0.5) is 0 Å². The van der Waals surface area contributed by atoms with Gasteiger partial charge in [-0.15, -0.1) is 26.3 Å². The van der Waals surface area contributed by atoms with Crippen LogP contribution in [-0.2, 0) is 19.3 Å². The lowest BCUT2D eigenvalue weighted by atomic mass is 9.83. The lowest BCUT2D eigenvalue weighted by molar-refractivity contribution is 0.0505. The molecule has 121 valence electrons. The largest absolute Gasteiger partial charge is 0.507 e. The average molecular weight is 309 g/mol. The zero-order chi connectivity index (χ0) is 16.9. The third kappa shape index (κ3) is 3.42. The minimum Gasteiger partial charge on any atom is -0.507 e. The van der Waals surface area contributed by atoms with E-state index in [1.54, 1.807) is 6.08 Å². The van der Waals surface area contributed by atoms with Gasteiger partial charge in [-0.1, -0.05) is 24.3 Å². The summed E-state index contributed by atoms with van der Waals surface area (Å²) in [7, 11) is 0. The van der Waals surface area contributed by atoms with Crippen molar-refractivity contribution in [3.63, 3.8) is 0 Å². The van der Waals surface area contributed by atoms with Crippen LogP contribution in [0.15, 0.2) is 50.6 Å². The van der Waals surface area contributed by atoms with Gasteiger partial charge in [-0.25, -0.2) is 0 Å². The first-order valence-electron chi connectivity index (χ1n) is 8.02. The van der Waals surface area contributed by atoms with Crippen molar-refractivity contribution in [1.29, 1.82) is 0 Å². The predicted molar refractivity (Wildman–Crippen MR) is 96.1 cm³/mol. The van der Waals surface area contributed by atoms with Crippen molar-refractivity contribution < 1.29 is 9.84 Å².